The maximum Gasteiger partial charge on any atom is 0.408 e. The molecule has 9 nitrogen and oxygen atoms in total. The van der Waals surface area contributed by atoms with Gasteiger partial charge in [-0.2, -0.15) is 5.26 Å². The van der Waals surface area contributed by atoms with Crippen LogP contribution < -0.4 is 5.32 Å². The Labute approximate surface area is 229 Å². The fourth-order valence-corrected chi connectivity index (χ4v) is 6.57. The van der Waals surface area contributed by atoms with Crippen molar-refractivity contribution in [2.75, 3.05) is 19.6 Å². The lowest BCUT2D eigenvalue weighted by Crippen LogP contribution is -2.59. The van der Waals surface area contributed by atoms with Crippen molar-refractivity contribution in [1.29, 1.82) is 5.26 Å². The molecular formula is C29H38FN5O4. The molecule has 3 saturated heterocycles. The Balaban J connectivity index is 1.33. The van der Waals surface area contributed by atoms with E-state index in [1.165, 1.54) is 17.0 Å². The standard InChI is InChI=1S/C29H38FN5O4/c1-29(2,3)39-28(38)32-23(26(36)34-13-5-8-21(34)15-31)17-33-16-22-14-24(33)27(37)35(22)25(18-6-4-7-18)19-9-11-20(30)12-10-19/h9-12,18,21-25H,4-8,13-14,16-17H2,1-3H3,(H,32,38)/t21?,22-,23?,24?,25-/m0/s1. The van der Waals surface area contributed by atoms with Crippen molar-refractivity contribution in [3.8, 4) is 6.07 Å². The van der Waals surface area contributed by atoms with Crippen molar-refractivity contribution in [2.45, 2.75) is 95.1 Å². The Morgan fingerprint density at radius 3 is 2.49 bits per heavy atom. The van der Waals surface area contributed by atoms with Crippen LogP contribution in [0.1, 0.15) is 70.9 Å². The van der Waals surface area contributed by atoms with Crippen LogP contribution in [0.4, 0.5) is 9.18 Å². The summed E-state index contributed by atoms with van der Waals surface area (Å²) >= 11 is 0. The Hall–Kier alpha value is -3.19. The monoisotopic (exact) mass is 539 g/mol. The maximum atomic E-state index is 13.8. The molecule has 0 aromatic heterocycles. The number of nitrogens with one attached hydrogen (secondary N) is 1. The Kier molecular flexibility index (Phi) is 7.55. The van der Waals surface area contributed by atoms with E-state index < -0.39 is 23.8 Å². The molecule has 4 aliphatic rings. The molecule has 0 radical (unpaired) electrons. The van der Waals surface area contributed by atoms with E-state index >= 15 is 0 Å². The van der Waals surface area contributed by atoms with Crippen LogP contribution in [-0.2, 0) is 14.3 Å². The molecule has 1 aromatic rings. The highest BCUT2D eigenvalue weighted by Gasteiger charge is 2.54. The third-order valence-electron chi connectivity index (χ3n) is 8.51. The van der Waals surface area contributed by atoms with Crippen LogP contribution in [0, 0.1) is 23.1 Å². The van der Waals surface area contributed by atoms with Crippen LogP contribution >= 0.6 is 0 Å². The minimum atomic E-state index is -0.936. The number of carbonyl (C=O) groups is 3. The first kappa shape index (κ1) is 27.4. The summed E-state index contributed by atoms with van der Waals surface area (Å²) < 4.78 is 19.1. The Morgan fingerprint density at radius 1 is 1.18 bits per heavy atom. The quantitative estimate of drug-likeness (QED) is 0.570. The van der Waals surface area contributed by atoms with Gasteiger partial charge >= 0.3 is 6.09 Å². The van der Waals surface area contributed by atoms with Crippen molar-refractivity contribution < 1.29 is 23.5 Å². The van der Waals surface area contributed by atoms with E-state index in [4.69, 9.17) is 4.74 Å². The molecule has 3 unspecified atom stereocenters. The number of amides is 3. The molecule has 1 saturated carbocycles. The molecule has 10 heteroatoms. The molecule has 1 N–H and O–H groups in total. The largest absolute Gasteiger partial charge is 0.444 e. The van der Waals surface area contributed by atoms with Gasteiger partial charge in [0.1, 0.15) is 23.5 Å². The average Bonchev–Trinajstić information content (AvgIpc) is 3.55. The van der Waals surface area contributed by atoms with Gasteiger partial charge in [0.05, 0.1) is 18.2 Å². The van der Waals surface area contributed by atoms with Gasteiger partial charge < -0.3 is 19.9 Å². The number of likely N-dealkylation sites (tertiary alicyclic amines) is 3. The lowest BCUT2D eigenvalue weighted by molar-refractivity contribution is -0.143. The van der Waals surface area contributed by atoms with Crippen molar-refractivity contribution >= 4 is 17.9 Å². The van der Waals surface area contributed by atoms with E-state index in [-0.39, 0.29) is 42.3 Å². The number of fused-ring (bicyclic) bond motifs is 2. The molecule has 39 heavy (non-hydrogen) atoms. The summed E-state index contributed by atoms with van der Waals surface area (Å²) in [5.41, 5.74) is 0.227. The van der Waals surface area contributed by atoms with Gasteiger partial charge in [-0.05, 0) is 76.5 Å². The van der Waals surface area contributed by atoms with Crippen LogP contribution in [0.2, 0.25) is 0 Å². The lowest BCUT2D eigenvalue weighted by atomic mass is 9.76. The molecule has 0 spiro atoms. The molecule has 3 amide bonds. The number of rotatable bonds is 7. The SMILES string of the molecule is CC(C)(C)OC(=O)NC(CN1C[C@@H]2CC1C(=O)N2[C@H](c1ccc(F)cc1)C1CCC1)C(=O)N1CCCC1C#N. The minimum Gasteiger partial charge on any atom is -0.444 e. The molecule has 1 aliphatic carbocycles. The zero-order valence-electron chi connectivity index (χ0n) is 22.9. The summed E-state index contributed by atoms with van der Waals surface area (Å²) in [6.45, 7) is 6.47. The number of ether oxygens (including phenoxy) is 1. The van der Waals surface area contributed by atoms with Crippen LogP contribution in [0.3, 0.4) is 0 Å². The average molecular weight is 540 g/mol. The summed E-state index contributed by atoms with van der Waals surface area (Å²) in [7, 11) is 0. The van der Waals surface area contributed by atoms with Crippen LogP contribution in [0.15, 0.2) is 24.3 Å². The van der Waals surface area contributed by atoms with Gasteiger partial charge in [0, 0.05) is 25.7 Å². The fraction of sp³-hybridized carbons (Fsp3) is 0.655. The van der Waals surface area contributed by atoms with Gasteiger partial charge in [-0.15, -0.1) is 0 Å². The zero-order valence-corrected chi connectivity index (χ0v) is 22.9. The normalized spacial score (nSPS) is 26.7. The molecule has 2 bridgehead atoms. The second-order valence-electron chi connectivity index (χ2n) is 12.3. The number of carbonyl (C=O) groups excluding carboxylic acids is 3. The number of benzene rings is 1. The molecule has 5 atom stereocenters. The van der Waals surface area contributed by atoms with Gasteiger partial charge in [0.15, 0.2) is 0 Å². The highest BCUT2D eigenvalue weighted by Crippen LogP contribution is 2.47. The zero-order chi connectivity index (χ0) is 27.9. The first-order valence-corrected chi connectivity index (χ1v) is 14.1. The third-order valence-corrected chi connectivity index (χ3v) is 8.51. The first-order chi connectivity index (χ1) is 18.6. The summed E-state index contributed by atoms with van der Waals surface area (Å²) in [6, 6.07) is 6.73. The number of piperazine rings is 1. The number of nitriles is 1. The number of alkyl carbamates (subject to hydrolysis) is 1. The molecular weight excluding hydrogens is 501 g/mol. The summed E-state index contributed by atoms with van der Waals surface area (Å²) in [4.78, 5) is 45.6. The Morgan fingerprint density at radius 2 is 1.90 bits per heavy atom. The predicted octanol–water partition coefficient (Wildman–Crippen LogP) is 3.36. The van der Waals surface area contributed by atoms with Gasteiger partial charge in [-0.3, -0.25) is 14.5 Å². The molecule has 3 aliphatic heterocycles. The number of hydrogen-bond donors (Lipinski definition) is 1. The number of hydrogen-bond acceptors (Lipinski definition) is 6. The van der Waals surface area contributed by atoms with Crippen LogP contribution in [0.5, 0.6) is 0 Å². The van der Waals surface area contributed by atoms with Crippen molar-refractivity contribution in [1.82, 2.24) is 20.0 Å². The third kappa shape index (κ3) is 5.60. The molecule has 1 aromatic carbocycles. The van der Waals surface area contributed by atoms with E-state index in [0.717, 1.165) is 31.2 Å². The first-order valence-electron chi connectivity index (χ1n) is 14.1. The van der Waals surface area contributed by atoms with Crippen molar-refractivity contribution in [3.05, 3.63) is 35.6 Å². The molecule has 4 fully saturated rings. The molecule has 210 valence electrons. The fourth-order valence-electron chi connectivity index (χ4n) is 6.57. The predicted molar refractivity (Wildman–Crippen MR) is 141 cm³/mol. The summed E-state index contributed by atoms with van der Waals surface area (Å²) in [6.07, 6.45) is 4.50. The molecule has 3 heterocycles. The lowest BCUT2D eigenvalue weighted by Gasteiger charge is -2.45. The number of halogens is 1. The topological polar surface area (TPSA) is 106 Å². The van der Waals surface area contributed by atoms with Crippen LogP contribution in [0.25, 0.3) is 0 Å². The van der Waals surface area contributed by atoms with Crippen LogP contribution in [-0.4, -0.2) is 82.0 Å². The summed E-state index contributed by atoms with van der Waals surface area (Å²) in [5, 5.41) is 12.3. The summed E-state index contributed by atoms with van der Waals surface area (Å²) in [5.74, 6) is -0.243. The smallest absolute Gasteiger partial charge is 0.408 e. The van der Waals surface area contributed by atoms with E-state index in [1.54, 1.807) is 32.9 Å². The van der Waals surface area contributed by atoms with Gasteiger partial charge in [-0.1, -0.05) is 18.6 Å². The van der Waals surface area contributed by atoms with Gasteiger partial charge in [-0.25, -0.2) is 9.18 Å². The van der Waals surface area contributed by atoms with E-state index in [1.807, 2.05) is 9.80 Å². The second-order valence-corrected chi connectivity index (χ2v) is 12.3. The van der Waals surface area contributed by atoms with Gasteiger partial charge in [0.2, 0.25) is 11.8 Å². The minimum absolute atomic E-state index is 0.0194. The van der Waals surface area contributed by atoms with E-state index in [9.17, 15) is 24.0 Å². The maximum absolute atomic E-state index is 13.8. The van der Waals surface area contributed by atoms with Crippen molar-refractivity contribution in [3.63, 3.8) is 0 Å². The van der Waals surface area contributed by atoms with Crippen molar-refractivity contribution in [2.24, 2.45) is 5.92 Å². The highest BCUT2D eigenvalue weighted by atomic mass is 19.1. The second kappa shape index (κ2) is 10.8. The Bertz CT molecular complexity index is 1140. The molecule has 5 rings (SSSR count). The number of nitrogens with zero attached hydrogens (tertiary/aromatic N) is 4. The van der Waals surface area contributed by atoms with E-state index in [0.29, 0.717) is 31.8 Å². The van der Waals surface area contributed by atoms with E-state index in [2.05, 4.69) is 11.4 Å². The highest BCUT2D eigenvalue weighted by molar-refractivity contribution is 5.88. The van der Waals surface area contributed by atoms with Gasteiger partial charge in [0.25, 0.3) is 0 Å².